The summed E-state index contributed by atoms with van der Waals surface area (Å²) in [5, 5.41) is 2.26. The Morgan fingerprint density at radius 3 is 2.74 bits per heavy atom. The zero-order valence-corrected chi connectivity index (χ0v) is 17.7. The smallest absolute Gasteiger partial charge is 0.412 e. The zero-order chi connectivity index (χ0) is 23.2. The fraction of sp³-hybridized carbons (Fsp3) is 0.684. The molecular weight excluding hydrogens is 418 g/mol. The van der Waals surface area contributed by atoms with E-state index < -0.39 is 48.7 Å². The lowest BCUT2D eigenvalue weighted by molar-refractivity contribution is -0.177. The standard InChI is InChI=1S/C19H28F2N4O6/c1-4-5-6-9-29-18(28)24-13-7-8-25(17(27)23-13)16-19(20,21)12(10-30-16)31-15(26)14(22)11(2)3/h7-8,11-12,14,16H,4-6,9-10,22H2,1-3H3,(H,23,24,27,28)/t12-,14+,16-/m1/s1. The van der Waals surface area contributed by atoms with E-state index in [9.17, 15) is 23.2 Å². The predicted octanol–water partition coefficient (Wildman–Crippen LogP) is 2.04. The van der Waals surface area contributed by atoms with Crippen molar-refractivity contribution in [1.82, 2.24) is 9.55 Å². The molecule has 3 atom stereocenters. The highest BCUT2D eigenvalue weighted by atomic mass is 19.3. The summed E-state index contributed by atoms with van der Waals surface area (Å²) in [6, 6.07) is 0.0913. The van der Waals surface area contributed by atoms with Gasteiger partial charge in [0.1, 0.15) is 11.9 Å². The van der Waals surface area contributed by atoms with Gasteiger partial charge in [-0.3, -0.25) is 14.7 Å². The van der Waals surface area contributed by atoms with Crippen LogP contribution in [0.5, 0.6) is 0 Å². The van der Waals surface area contributed by atoms with E-state index in [2.05, 4.69) is 10.3 Å². The number of rotatable bonds is 9. The molecule has 0 saturated carbocycles. The molecule has 0 bridgehead atoms. The van der Waals surface area contributed by atoms with Crippen LogP contribution in [-0.4, -0.2) is 52.9 Å². The van der Waals surface area contributed by atoms with E-state index in [1.165, 1.54) is 0 Å². The maximum absolute atomic E-state index is 14.8. The number of nitrogens with one attached hydrogen (secondary N) is 1. The number of nitrogens with two attached hydrogens (primary N) is 1. The van der Waals surface area contributed by atoms with E-state index >= 15 is 0 Å². The van der Waals surface area contributed by atoms with Gasteiger partial charge in [-0.1, -0.05) is 33.6 Å². The Morgan fingerprint density at radius 2 is 2.13 bits per heavy atom. The lowest BCUT2D eigenvalue weighted by atomic mass is 10.1. The number of esters is 1. The van der Waals surface area contributed by atoms with Crippen molar-refractivity contribution in [1.29, 1.82) is 0 Å². The summed E-state index contributed by atoms with van der Waals surface area (Å²) in [6.07, 6.45) is -1.18. The second kappa shape index (κ2) is 10.6. The van der Waals surface area contributed by atoms with Gasteiger partial charge < -0.3 is 19.9 Å². The number of aromatic nitrogens is 2. The summed E-state index contributed by atoms with van der Waals surface area (Å²) in [7, 11) is 0. The van der Waals surface area contributed by atoms with Crippen molar-refractivity contribution < 1.29 is 32.6 Å². The minimum atomic E-state index is -3.70. The van der Waals surface area contributed by atoms with E-state index in [-0.39, 0.29) is 18.3 Å². The normalized spacial score (nSPS) is 21.0. The van der Waals surface area contributed by atoms with Gasteiger partial charge in [-0.15, -0.1) is 0 Å². The summed E-state index contributed by atoms with van der Waals surface area (Å²) in [6.45, 7) is 4.90. The Bertz CT molecular complexity index is 832. The number of carbonyl (C=O) groups excluding carboxylic acids is 2. The van der Waals surface area contributed by atoms with Gasteiger partial charge in [-0.2, -0.15) is 13.8 Å². The molecule has 0 spiro atoms. The molecule has 12 heteroatoms. The number of hydrogen-bond acceptors (Lipinski definition) is 8. The van der Waals surface area contributed by atoms with E-state index in [0.717, 1.165) is 25.1 Å². The molecule has 1 aliphatic rings. The molecule has 1 saturated heterocycles. The third kappa shape index (κ3) is 6.20. The van der Waals surface area contributed by atoms with Crippen LogP contribution in [0, 0.1) is 5.92 Å². The van der Waals surface area contributed by atoms with Crippen LogP contribution < -0.4 is 16.7 Å². The molecule has 1 aromatic heterocycles. The predicted molar refractivity (Wildman–Crippen MR) is 106 cm³/mol. The molecule has 1 aromatic rings. The summed E-state index contributed by atoms with van der Waals surface area (Å²) in [4.78, 5) is 39.4. The van der Waals surface area contributed by atoms with Crippen molar-refractivity contribution in [3.05, 3.63) is 22.7 Å². The van der Waals surface area contributed by atoms with E-state index in [4.69, 9.17) is 19.9 Å². The second-order valence-corrected chi connectivity index (χ2v) is 7.53. The van der Waals surface area contributed by atoms with Crippen LogP contribution in [-0.2, 0) is 19.0 Å². The van der Waals surface area contributed by atoms with Crippen molar-refractivity contribution in [2.24, 2.45) is 11.7 Å². The number of halogens is 2. The number of ether oxygens (including phenoxy) is 3. The molecule has 2 heterocycles. The van der Waals surface area contributed by atoms with Crippen molar-refractivity contribution in [2.75, 3.05) is 18.5 Å². The van der Waals surface area contributed by atoms with Gasteiger partial charge in [0, 0.05) is 6.20 Å². The average Bonchev–Trinajstić information content (AvgIpc) is 2.98. The molecule has 3 N–H and O–H groups in total. The highest BCUT2D eigenvalue weighted by molar-refractivity contribution is 5.83. The Kier molecular flexibility index (Phi) is 8.45. The first-order valence-corrected chi connectivity index (χ1v) is 10.1. The van der Waals surface area contributed by atoms with Crippen molar-refractivity contribution in [3.8, 4) is 0 Å². The highest BCUT2D eigenvalue weighted by Gasteiger charge is 2.57. The molecule has 0 radical (unpaired) electrons. The Hall–Kier alpha value is -2.60. The molecule has 0 aliphatic carbocycles. The molecule has 174 valence electrons. The third-order valence-corrected chi connectivity index (χ3v) is 4.71. The molecule has 0 aromatic carbocycles. The number of hydrogen-bond donors (Lipinski definition) is 2. The van der Waals surface area contributed by atoms with Gasteiger partial charge in [0.05, 0.1) is 13.2 Å². The van der Waals surface area contributed by atoms with Gasteiger partial charge in [0.2, 0.25) is 6.23 Å². The van der Waals surface area contributed by atoms with E-state index in [0.29, 0.717) is 11.0 Å². The van der Waals surface area contributed by atoms with Crippen molar-refractivity contribution >= 4 is 17.9 Å². The fourth-order valence-corrected chi connectivity index (χ4v) is 2.75. The maximum atomic E-state index is 14.8. The number of unbranched alkanes of at least 4 members (excludes halogenated alkanes) is 2. The van der Waals surface area contributed by atoms with Crippen LogP contribution in [0.1, 0.15) is 46.3 Å². The fourth-order valence-electron chi connectivity index (χ4n) is 2.75. The SMILES string of the molecule is CCCCCOC(=O)Nc1ccn([C@@H]2OC[C@@H](OC(=O)[C@@H](N)C(C)C)C2(F)F)c(=O)n1. The van der Waals surface area contributed by atoms with Crippen LogP contribution in [0.2, 0.25) is 0 Å². The Balaban J connectivity index is 2.04. The topological polar surface area (TPSA) is 135 Å². The van der Waals surface area contributed by atoms with Crippen molar-refractivity contribution in [2.45, 2.75) is 64.3 Å². The van der Waals surface area contributed by atoms with Gasteiger partial charge in [0.15, 0.2) is 6.10 Å². The highest BCUT2D eigenvalue weighted by Crippen LogP contribution is 2.40. The van der Waals surface area contributed by atoms with Crippen LogP contribution in [0.25, 0.3) is 0 Å². The van der Waals surface area contributed by atoms with Gasteiger partial charge in [0.25, 0.3) is 0 Å². The van der Waals surface area contributed by atoms with Crippen molar-refractivity contribution in [3.63, 3.8) is 0 Å². The minimum absolute atomic E-state index is 0.158. The lowest BCUT2D eigenvalue weighted by Gasteiger charge is -2.24. The van der Waals surface area contributed by atoms with Gasteiger partial charge in [-0.05, 0) is 18.4 Å². The molecule has 2 rings (SSSR count). The molecule has 0 unspecified atom stereocenters. The zero-order valence-electron chi connectivity index (χ0n) is 17.7. The summed E-state index contributed by atoms with van der Waals surface area (Å²) in [5.74, 6) is -5.14. The second-order valence-electron chi connectivity index (χ2n) is 7.53. The number of nitrogens with zero attached hydrogens (tertiary/aromatic N) is 2. The van der Waals surface area contributed by atoms with E-state index in [1.807, 2.05) is 6.92 Å². The minimum Gasteiger partial charge on any atom is -0.452 e. The molecule has 1 amide bonds. The maximum Gasteiger partial charge on any atom is 0.412 e. The number of anilines is 1. The molecule has 31 heavy (non-hydrogen) atoms. The average molecular weight is 446 g/mol. The Labute approximate surface area is 178 Å². The first-order chi connectivity index (χ1) is 14.6. The number of carbonyl (C=O) groups is 2. The number of alkyl halides is 2. The molecule has 10 nitrogen and oxygen atoms in total. The first kappa shape index (κ1) is 24.7. The monoisotopic (exact) mass is 446 g/mol. The van der Waals surface area contributed by atoms with E-state index in [1.54, 1.807) is 13.8 Å². The largest absolute Gasteiger partial charge is 0.452 e. The quantitative estimate of drug-likeness (QED) is 0.435. The number of amides is 1. The summed E-state index contributed by atoms with van der Waals surface area (Å²) < 4.78 is 44.9. The Morgan fingerprint density at radius 1 is 1.42 bits per heavy atom. The third-order valence-electron chi connectivity index (χ3n) is 4.71. The van der Waals surface area contributed by atoms with Crippen LogP contribution in [0.3, 0.4) is 0 Å². The first-order valence-electron chi connectivity index (χ1n) is 10.1. The van der Waals surface area contributed by atoms with Gasteiger partial charge >= 0.3 is 23.7 Å². The summed E-state index contributed by atoms with van der Waals surface area (Å²) in [5.41, 5.74) is 4.54. The van der Waals surface area contributed by atoms with Crippen LogP contribution >= 0.6 is 0 Å². The molecule has 1 fully saturated rings. The summed E-state index contributed by atoms with van der Waals surface area (Å²) >= 11 is 0. The van der Waals surface area contributed by atoms with Crippen LogP contribution in [0.15, 0.2) is 17.1 Å². The van der Waals surface area contributed by atoms with Gasteiger partial charge in [-0.25, -0.2) is 9.59 Å². The molecular formula is C19H28F2N4O6. The van der Waals surface area contributed by atoms with Crippen LogP contribution in [0.4, 0.5) is 19.4 Å². The lowest BCUT2D eigenvalue weighted by Crippen LogP contribution is -2.45. The molecule has 1 aliphatic heterocycles.